The predicted molar refractivity (Wildman–Crippen MR) is 137 cm³/mol. The number of amides is 1. The molecule has 0 fully saturated rings. The van der Waals surface area contributed by atoms with Crippen LogP contribution in [0, 0.1) is 18.3 Å². The SMILES string of the molecule is COc1ccc(-c2cc(-c3ccc(C)cc3)nc(SCC(=O)Nc3ccccc3)c2C#N)cc1. The molecule has 0 aliphatic heterocycles. The van der Waals surface area contributed by atoms with Crippen LogP contribution < -0.4 is 10.1 Å². The first-order chi connectivity index (χ1) is 16.6. The van der Waals surface area contributed by atoms with Gasteiger partial charge in [0.1, 0.15) is 16.8 Å². The Hall–Kier alpha value is -4.08. The zero-order valence-corrected chi connectivity index (χ0v) is 19.7. The number of hydrogen-bond acceptors (Lipinski definition) is 5. The van der Waals surface area contributed by atoms with Crippen molar-refractivity contribution in [3.05, 3.63) is 96.1 Å². The summed E-state index contributed by atoms with van der Waals surface area (Å²) in [4.78, 5) is 17.3. The van der Waals surface area contributed by atoms with Crippen LogP contribution >= 0.6 is 11.8 Å². The van der Waals surface area contributed by atoms with Crippen LogP contribution in [0.25, 0.3) is 22.4 Å². The number of ether oxygens (including phenoxy) is 1. The van der Waals surface area contributed by atoms with E-state index in [-0.39, 0.29) is 11.7 Å². The summed E-state index contributed by atoms with van der Waals surface area (Å²) in [6.07, 6.45) is 0. The lowest BCUT2D eigenvalue weighted by Crippen LogP contribution is -2.14. The third-order valence-corrected chi connectivity index (χ3v) is 6.22. The molecule has 1 amide bonds. The zero-order valence-electron chi connectivity index (χ0n) is 18.9. The Morgan fingerprint density at radius 1 is 1.00 bits per heavy atom. The van der Waals surface area contributed by atoms with Gasteiger partial charge in [-0.2, -0.15) is 5.26 Å². The number of carbonyl (C=O) groups is 1. The number of carbonyl (C=O) groups excluding carboxylic acids is 1. The number of thioether (sulfide) groups is 1. The quantitative estimate of drug-likeness (QED) is 0.323. The lowest BCUT2D eigenvalue weighted by Gasteiger charge is -2.13. The molecule has 0 atom stereocenters. The fraction of sp³-hybridized carbons (Fsp3) is 0.107. The van der Waals surface area contributed by atoms with Gasteiger partial charge in [0.15, 0.2) is 0 Å². The highest BCUT2D eigenvalue weighted by atomic mass is 32.2. The van der Waals surface area contributed by atoms with Crippen molar-refractivity contribution in [3.8, 4) is 34.2 Å². The van der Waals surface area contributed by atoms with Gasteiger partial charge in [-0.05, 0) is 42.8 Å². The average molecular weight is 466 g/mol. The van der Waals surface area contributed by atoms with E-state index < -0.39 is 0 Å². The monoisotopic (exact) mass is 465 g/mol. The van der Waals surface area contributed by atoms with E-state index in [0.29, 0.717) is 10.6 Å². The van der Waals surface area contributed by atoms with Crippen molar-refractivity contribution in [3.63, 3.8) is 0 Å². The van der Waals surface area contributed by atoms with Crippen LogP contribution in [0.3, 0.4) is 0 Å². The number of nitriles is 1. The highest BCUT2D eigenvalue weighted by molar-refractivity contribution is 8.00. The Kier molecular flexibility index (Phi) is 7.26. The molecule has 3 aromatic carbocycles. The lowest BCUT2D eigenvalue weighted by atomic mass is 9.99. The minimum absolute atomic E-state index is 0.135. The van der Waals surface area contributed by atoms with Crippen molar-refractivity contribution in [2.24, 2.45) is 0 Å². The molecule has 1 heterocycles. The molecule has 0 bridgehead atoms. The van der Waals surface area contributed by atoms with Gasteiger partial charge in [-0.1, -0.05) is 71.9 Å². The van der Waals surface area contributed by atoms with Crippen LogP contribution in [0.4, 0.5) is 5.69 Å². The number of aryl methyl sites for hydroxylation is 1. The van der Waals surface area contributed by atoms with E-state index in [4.69, 9.17) is 9.72 Å². The molecule has 1 N–H and O–H groups in total. The van der Waals surface area contributed by atoms with Crippen molar-refractivity contribution < 1.29 is 9.53 Å². The van der Waals surface area contributed by atoms with E-state index >= 15 is 0 Å². The number of pyridine rings is 1. The number of para-hydroxylation sites is 1. The smallest absolute Gasteiger partial charge is 0.234 e. The van der Waals surface area contributed by atoms with Gasteiger partial charge in [0.2, 0.25) is 5.91 Å². The first-order valence-electron chi connectivity index (χ1n) is 10.7. The molecule has 34 heavy (non-hydrogen) atoms. The number of nitrogens with zero attached hydrogens (tertiary/aromatic N) is 2. The molecule has 0 aliphatic carbocycles. The number of nitrogens with one attached hydrogen (secondary N) is 1. The first kappa shape index (κ1) is 23.1. The third-order valence-electron chi connectivity index (χ3n) is 5.24. The van der Waals surface area contributed by atoms with Crippen molar-refractivity contribution in [2.75, 3.05) is 18.2 Å². The molecule has 0 unspecified atom stereocenters. The molecule has 0 saturated carbocycles. The number of hydrogen-bond donors (Lipinski definition) is 1. The van der Waals surface area contributed by atoms with E-state index in [1.165, 1.54) is 11.8 Å². The molecule has 0 saturated heterocycles. The largest absolute Gasteiger partial charge is 0.497 e. The summed E-state index contributed by atoms with van der Waals surface area (Å²) < 4.78 is 5.28. The van der Waals surface area contributed by atoms with Crippen molar-refractivity contribution >= 4 is 23.4 Å². The predicted octanol–water partition coefficient (Wildman–Crippen LogP) is 6.34. The van der Waals surface area contributed by atoms with Crippen LogP contribution in [-0.4, -0.2) is 23.8 Å². The second-order valence-electron chi connectivity index (χ2n) is 7.64. The van der Waals surface area contributed by atoms with Gasteiger partial charge in [-0.25, -0.2) is 4.98 Å². The lowest BCUT2D eigenvalue weighted by molar-refractivity contribution is -0.113. The fourth-order valence-corrected chi connectivity index (χ4v) is 4.26. The van der Waals surface area contributed by atoms with E-state index in [2.05, 4.69) is 11.4 Å². The van der Waals surface area contributed by atoms with Gasteiger partial charge in [0.25, 0.3) is 0 Å². The Morgan fingerprint density at radius 3 is 2.32 bits per heavy atom. The molecule has 4 aromatic rings. The molecular weight excluding hydrogens is 442 g/mol. The van der Waals surface area contributed by atoms with Crippen LogP contribution in [0.1, 0.15) is 11.1 Å². The minimum atomic E-state index is -0.159. The highest BCUT2D eigenvalue weighted by Gasteiger charge is 2.17. The number of benzene rings is 3. The number of rotatable bonds is 7. The van der Waals surface area contributed by atoms with Crippen LogP contribution in [-0.2, 0) is 4.79 Å². The van der Waals surface area contributed by atoms with E-state index in [9.17, 15) is 10.1 Å². The van der Waals surface area contributed by atoms with Gasteiger partial charge < -0.3 is 10.1 Å². The summed E-state index contributed by atoms with van der Waals surface area (Å²) in [6, 6.07) is 29.2. The molecule has 0 radical (unpaired) electrons. The summed E-state index contributed by atoms with van der Waals surface area (Å²) in [7, 11) is 1.62. The normalized spacial score (nSPS) is 10.4. The molecule has 0 aliphatic rings. The Morgan fingerprint density at radius 2 is 1.68 bits per heavy atom. The Labute approximate surface area is 203 Å². The maximum Gasteiger partial charge on any atom is 0.234 e. The summed E-state index contributed by atoms with van der Waals surface area (Å²) >= 11 is 1.26. The topological polar surface area (TPSA) is 75.0 Å². The summed E-state index contributed by atoms with van der Waals surface area (Å²) in [5, 5.41) is 13.4. The number of methoxy groups -OCH3 is 1. The van der Waals surface area contributed by atoms with Gasteiger partial charge in [-0.3, -0.25) is 4.79 Å². The van der Waals surface area contributed by atoms with Crippen molar-refractivity contribution in [2.45, 2.75) is 11.9 Å². The van der Waals surface area contributed by atoms with Crippen LogP contribution in [0.5, 0.6) is 5.75 Å². The number of anilines is 1. The molecule has 6 heteroatoms. The minimum Gasteiger partial charge on any atom is -0.497 e. The van der Waals surface area contributed by atoms with E-state index in [1.54, 1.807) is 7.11 Å². The second kappa shape index (κ2) is 10.7. The first-order valence-corrected chi connectivity index (χ1v) is 11.7. The highest BCUT2D eigenvalue weighted by Crippen LogP contribution is 2.35. The molecule has 168 valence electrons. The van der Waals surface area contributed by atoms with E-state index in [1.807, 2.05) is 91.9 Å². The summed E-state index contributed by atoms with van der Waals surface area (Å²) in [5.74, 6) is 0.714. The van der Waals surface area contributed by atoms with Crippen LogP contribution in [0.2, 0.25) is 0 Å². The number of aromatic nitrogens is 1. The zero-order chi connectivity index (χ0) is 23.9. The Bertz CT molecular complexity index is 1330. The maximum atomic E-state index is 12.5. The Balaban J connectivity index is 1.71. The van der Waals surface area contributed by atoms with Gasteiger partial charge >= 0.3 is 0 Å². The molecule has 5 nitrogen and oxygen atoms in total. The summed E-state index contributed by atoms with van der Waals surface area (Å²) in [5.41, 5.74) is 5.66. The van der Waals surface area contributed by atoms with Gasteiger partial charge in [0.05, 0.1) is 24.1 Å². The molecule has 4 rings (SSSR count). The van der Waals surface area contributed by atoms with Gasteiger partial charge in [-0.15, -0.1) is 0 Å². The van der Waals surface area contributed by atoms with Crippen LogP contribution in [0.15, 0.2) is 90.0 Å². The van der Waals surface area contributed by atoms with Gasteiger partial charge in [0, 0.05) is 16.8 Å². The van der Waals surface area contributed by atoms with E-state index in [0.717, 1.165) is 39.4 Å². The van der Waals surface area contributed by atoms with Crippen molar-refractivity contribution in [1.82, 2.24) is 4.98 Å². The molecular formula is C28H23N3O2S. The maximum absolute atomic E-state index is 12.5. The standard InChI is InChI=1S/C28H23N3O2S/c1-19-8-10-21(11-9-19)26-16-24(20-12-14-23(33-2)15-13-20)25(17-29)28(31-26)34-18-27(32)30-22-6-4-3-5-7-22/h3-16H,18H2,1-2H3,(H,30,32). The summed E-state index contributed by atoms with van der Waals surface area (Å²) in [6.45, 7) is 2.03. The second-order valence-corrected chi connectivity index (χ2v) is 8.61. The average Bonchev–Trinajstić information content (AvgIpc) is 2.88. The third kappa shape index (κ3) is 5.45. The van der Waals surface area contributed by atoms with Crippen molar-refractivity contribution in [1.29, 1.82) is 5.26 Å². The molecule has 1 aromatic heterocycles. The molecule has 0 spiro atoms. The fourth-order valence-electron chi connectivity index (χ4n) is 3.46.